The third-order valence-corrected chi connectivity index (χ3v) is 4.57. The van der Waals surface area contributed by atoms with E-state index in [9.17, 15) is 8.42 Å². The van der Waals surface area contributed by atoms with Crippen LogP contribution in [0.15, 0.2) is 53.4 Å². The van der Waals surface area contributed by atoms with Crippen LogP contribution in [0.25, 0.3) is 0 Å². The number of anilines is 1. The molecular weight excluding hydrogens is 302 g/mol. The molecule has 2 aromatic carbocycles. The van der Waals surface area contributed by atoms with Crippen molar-refractivity contribution in [3.05, 3.63) is 59.7 Å². The smallest absolute Gasteiger partial charge is 0.261 e. The van der Waals surface area contributed by atoms with Crippen LogP contribution in [0.1, 0.15) is 17.4 Å². The average Bonchev–Trinajstić information content (AvgIpc) is 2.49. The highest BCUT2D eigenvalue weighted by atomic mass is 32.2. The second kappa shape index (κ2) is 6.91. The monoisotopic (exact) mass is 321 g/mol. The van der Waals surface area contributed by atoms with Crippen molar-refractivity contribution in [2.75, 3.05) is 18.9 Å². The Morgan fingerprint density at radius 1 is 1.00 bits per heavy atom. The topological polar surface area (TPSA) is 64.6 Å². The minimum atomic E-state index is -3.62. The molecule has 0 amide bonds. The number of benzene rings is 2. The lowest BCUT2D eigenvalue weighted by Crippen LogP contribution is -2.13. The van der Waals surface area contributed by atoms with Crippen LogP contribution in [0.3, 0.4) is 0 Å². The molecule has 0 bridgehead atoms. The van der Waals surface area contributed by atoms with E-state index >= 15 is 0 Å². The number of sulfonamides is 1. The third kappa shape index (κ3) is 3.85. The largest absolute Gasteiger partial charge is 0.352 e. The molecule has 0 heterocycles. The van der Waals surface area contributed by atoms with Gasteiger partial charge in [-0.1, -0.05) is 29.8 Å². The molecule has 0 saturated heterocycles. The van der Waals surface area contributed by atoms with E-state index in [0.29, 0.717) is 5.69 Å². The maximum atomic E-state index is 12.4. The van der Waals surface area contributed by atoms with Crippen molar-refractivity contribution in [1.82, 2.24) is 0 Å². The summed E-state index contributed by atoms with van der Waals surface area (Å²) < 4.78 is 37.6. The summed E-state index contributed by atoms with van der Waals surface area (Å²) in [5, 5.41) is 0. The predicted molar refractivity (Wildman–Crippen MR) is 85.2 cm³/mol. The molecule has 2 rings (SSSR count). The van der Waals surface area contributed by atoms with Crippen LogP contribution in [0.2, 0.25) is 0 Å². The summed E-state index contributed by atoms with van der Waals surface area (Å²) in [6.45, 7) is 1.91. The zero-order chi connectivity index (χ0) is 16.2. The fourth-order valence-corrected chi connectivity index (χ4v) is 3.10. The standard InChI is InChI=1S/C16H19NO4S/c1-12-7-9-15(10-8-12)22(18,19)17-14-6-4-5-13(11-14)16(20-2)21-3/h4-11,16-17H,1-3H3. The van der Waals surface area contributed by atoms with Gasteiger partial charge in [0.1, 0.15) is 0 Å². The Morgan fingerprint density at radius 2 is 1.64 bits per heavy atom. The van der Waals surface area contributed by atoms with E-state index in [1.165, 1.54) is 14.2 Å². The first-order chi connectivity index (χ1) is 10.5. The summed E-state index contributed by atoms with van der Waals surface area (Å²) in [5.74, 6) is 0. The number of hydrogen-bond acceptors (Lipinski definition) is 4. The van der Waals surface area contributed by atoms with Gasteiger partial charge in [0.25, 0.3) is 10.0 Å². The second-order valence-corrected chi connectivity index (χ2v) is 6.53. The number of aryl methyl sites for hydroxylation is 1. The number of ether oxygens (including phenoxy) is 2. The van der Waals surface area contributed by atoms with Gasteiger partial charge in [0.2, 0.25) is 0 Å². The van der Waals surface area contributed by atoms with Gasteiger partial charge in [0.15, 0.2) is 6.29 Å². The van der Waals surface area contributed by atoms with Crippen molar-refractivity contribution < 1.29 is 17.9 Å². The number of rotatable bonds is 6. The second-order valence-electron chi connectivity index (χ2n) is 4.85. The van der Waals surface area contributed by atoms with E-state index < -0.39 is 16.3 Å². The van der Waals surface area contributed by atoms with Gasteiger partial charge in [-0.2, -0.15) is 0 Å². The van der Waals surface area contributed by atoms with Gasteiger partial charge in [0.05, 0.1) is 4.90 Å². The summed E-state index contributed by atoms with van der Waals surface area (Å²) >= 11 is 0. The van der Waals surface area contributed by atoms with Gasteiger partial charge >= 0.3 is 0 Å². The lowest BCUT2D eigenvalue weighted by molar-refractivity contribution is -0.105. The molecule has 0 aliphatic heterocycles. The Labute approximate surface area is 130 Å². The quantitative estimate of drug-likeness (QED) is 0.830. The van der Waals surface area contributed by atoms with Crippen molar-refractivity contribution >= 4 is 15.7 Å². The van der Waals surface area contributed by atoms with Crippen molar-refractivity contribution in [2.45, 2.75) is 18.1 Å². The number of hydrogen-bond donors (Lipinski definition) is 1. The fourth-order valence-electron chi connectivity index (χ4n) is 2.05. The molecule has 2 aromatic rings. The number of nitrogens with one attached hydrogen (secondary N) is 1. The van der Waals surface area contributed by atoms with Gasteiger partial charge in [-0.15, -0.1) is 0 Å². The molecule has 0 aliphatic carbocycles. The Balaban J connectivity index is 2.26. The Bertz CT molecular complexity index is 722. The maximum Gasteiger partial charge on any atom is 0.261 e. The fraction of sp³-hybridized carbons (Fsp3) is 0.250. The normalized spacial score (nSPS) is 11.6. The van der Waals surface area contributed by atoms with Gasteiger partial charge < -0.3 is 9.47 Å². The minimum Gasteiger partial charge on any atom is -0.352 e. The Hall–Kier alpha value is -1.89. The molecule has 22 heavy (non-hydrogen) atoms. The highest BCUT2D eigenvalue weighted by molar-refractivity contribution is 7.92. The first kappa shape index (κ1) is 16.5. The Morgan fingerprint density at radius 3 is 2.23 bits per heavy atom. The number of methoxy groups -OCH3 is 2. The van der Waals surface area contributed by atoms with E-state index in [1.807, 2.05) is 6.92 Å². The summed E-state index contributed by atoms with van der Waals surface area (Å²) in [7, 11) is -0.567. The van der Waals surface area contributed by atoms with Crippen LogP contribution in [-0.2, 0) is 19.5 Å². The zero-order valence-electron chi connectivity index (χ0n) is 12.7. The first-order valence-electron chi connectivity index (χ1n) is 6.71. The molecule has 0 atom stereocenters. The summed E-state index contributed by atoms with van der Waals surface area (Å²) in [6, 6.07) is 13.6. The third-order valence-electron chi connectivity index (χ3n) is 3.17. The van der Waals surface area contributed by atoms with E-state index in [-0.39, 0.29) is 4.90 Å². The molecule has 6 heteroatoms. The summed E-state index contributed by atoms with van der Waals surface area (Å²) in [4.78, 5) is 0.221. The molecule has 0 radical (unpaired) electrons. The van der Waals surface area contributed by atoms with Crippen molar-refractivity contribution in [1.29, 1.82) is 0 Å². The summed E-state index contributed by atoms with van der Waals surface area (Å²) in [6.07, 6.45) is -0.538. The highest BCUT2D eigenvalue weighted by Gasteiger charge is 2.15. The minimum absolute atomic E-state index is 0.221. The molecule has 5 nitrogen and oxygen atoms in total. The zero-order valence-corrected chi connectivity index (χ0v) is 13.6. The van der Waals surface area contributed by atoms with E-state index in [0.717, 1.165) is 11.1 Å². The Kier molecular flexibility index (Phi) is 5.18. The van der Waals surface area contributed by atoms with Crippen LogP contribution in [0.4, 0.5) is 5.69 Å². The van der Waals surface area contributed by atoms with Crippen LogP contribution in [-0.4, -0.2) is 22.6 Å². The molecule has 118 valence electrons. The molecule has 0 unspecified atom stereocenters. The van der Waals surface area contributed by atoms with Gasteiger partial charge in [-0.25, -0.2) is 8.42 Å². The van der Waals surface area contributed by atoms with E-state index in [1.54, 1.807) is 48.5 Å². The molecule has 0 aliphatic rings. The van der Waals surface area contributed by atoms with Crippen LogP contribution in [0.5, 0.6) is 0 Å². The van der Waals surface area contributed by atoms with Crippen LogP contribution in [0, 0.1) is 6.92 Å². The molecule has 0 fully saturated rings. The molecule has 0 saturated carbocycles. The highest BCUT2D eigenvalue weighted by Crippen LogP contribution is 2.23. The lowest BCUT2D eigenvalue weighted by atomic mass is 10.2. The first-order valence-corrected chi connectivity index (χ1v) is 8.19. The molecule has 0 spiro atoms. The van der Waals surface area contributed by atoms with Crippen molar-refractivity contribution in [2.24, 2.45) is 0 Å². The van der Waals surface area contributed by atoms with Crippen molar-refractivity contribution in [3.63, 3.8) is 0 Å². The van der Waals surface area contributed by atoms with E-state index in [2.05, 4.69) is 4.72 Å². The SMILES string of the molecule is COC(OC)c1cccc(NS(=O)(=O)c2ccc(C)cc2)c1. The molecule has 1 N–H and O–H groups in total. The van der Waals surface area contributed by atoms with Crippen molar-refractivity contribution in [3.8, 4) is 0 Å². The molecular formula is C16H19NO4S. The van der Waals surface area contributed by atoms with Crippen LogP contribution < -0.4 is 4.72 Å². The van der Waals surface area contributed by atoms with Gasteiger partial charge in [-0.05, 0) is 31.2 Å². The van der Waals surface area contributed by atoms with Crippen LogP contribution >= 0.6 is 0 Å². The van der Waals surface area contributed by atoms with Gasteiger partial charge in [-0.3, -0.25) is 4.72 Å². The lowest BCUT2D eigenvalue weighted by Gasteiger charge is -2.15. The summed E-state index contributed by atoms with van der Waals surface area (Å²) in [5.41, 5.74) is 2.19. The predicted octanol–water partition coefficient (Wildman–Crippen LogP) is 3.09. The molecule has 0 aromatic heterocycles. The maximum absolute atomic E-state index is 12.4. The van der Waals surface area contributed by atoms with E-state index in [4.69, 9.17) is 9.47 Å². The average molecular weight is 321 g/mol. The van der Waals surface area contributed by atoms with Gasteiger partial charge in [0, 0.05) is 25.5 Å².